The molecule has 0 aromatic heterocycles. The molecule has 0 heterocycles. The monoisotopic (exact) mass is 256 g/mol. The zero-order valence-corrected chi connectivity index (χ0v) is 10.4. The van der Waals surface area contributed by atoms with Crippen LogP contribution >= 0.6 is 0 Å². The highest BCUT2D eigenvalue weighted by atomic mass is 16.5. The van der Waals surface area contributed by atoms with Crippen molar-refractivity contribution in [1.29, 1.82) is 0 Å². The topological polar surface area (TPSA) is 83.8 Å². The Balaban J connectivity index is 1.73. The van der Waals surface area contributed by atoms with Crippen molar-refractivity contribution in [1.82, 2.24) is 0 Å². The van der Waals surface area contributed by atoms with Crippen LogP contribution in [-0.4, -0.2) is 34.4 Å². The summed E-state index contributed by atoms with van der Waals surface area (Å²) in [5.74, 6) is -0.587. The molecule has 5 nitrogen and oxygen atoms in total. The number of hydrogen-bond acceptors (Lipinski definition) is 4. The summed E-state index contributed by atoms with van der Waals surface area (Å²) >= 11 is 0. The van der Waals surface area contributed by atoms with Crippen LogP contribution in [0.5, 0.6) is 0 Å². The smallest absolute Gasteiger partial charge is 0.306 e. The molecule has 0 saturated heterocycles. The molecule has 5 heteroatoms. The van der Waals surface area contributed by atoms with E-state index in [0.29, 0.717) is 18.3 Å². The van der Waals surface area contributed by atoms with E-state index in [1.807, 2.05) is 0 Å². The van der Waals surface area contributed by atoms with Crippen molar-refractivity contribution < 1.29 is 24.5 Å². The zero-order valence-electron chi connectivity index (χ0n) is 10.4. The van der Waals surface area contributed by atoms with Gasteiger partial charge >= 0.3 is 11.9 Å². The van der Waals surface area contributed by atoms with Gasteiger partial charge in [-0.25, -0.2) is 0 Å². The van der Waals surface area contributed by atoms with Gasteiger partial charge in [0.05, 0.1) is 6.10 Å². The number of carbonyl (C=O) groups excluding carboxylic acids is 1. The van der Waals surface area contributed by atoms with Crippen molar-refractivity contribution >= 4 is 11.9 Å². The maximum absolute atomic E-state index is 11.6. The lowest BCUT2D eigenvalue weighted by atomic mass is 9.98. The van der Waals surface area contributed by atoms with Crippen molar-refractivity contribution in [3.05, 3.63) is 0 Å². The van der Waals surface area contributed by atoms with Gasteiger partial charge < -0.3 is 14.9 Å². The van der Waals surface area contributed by atoms with E-state index < -0.39 is 5.97 Å². The number of carboxylic acid groups (broad SMARTS) is 1. The van der Waals surface area contributed by atoms with Gasteiger partial charge in [-0.15, -0.1) is 0 Å². The Labute approximate surface area is 106 Å². The number of rotatable bonds is 5. The Morgan fingerprint density at radius 2 is 1.78 bits per heavy atom. The molecule has 0 aromatic carbocycles. The molecule has 18 heavy (non-hydrogen) atoms. The number of aliphatic hydroxyl groups is 1. The second-order valence-corrected chi connectivity index (χ2v) is 5.33. The molecule has 0 aliphatic heterocycles. The van der Waals surface area contributed by atoms with E-state index in [2.05, 4.69) is 0 Å². The fourth-order valence-corrected chi connectivity index (χ4v) is 3.27. The molecule has 2 fully saturated rings. The quantitative estimate of drug-likeness (QED) is 0.725. The van der Waals surface area contributed by atoms with Crippen molar-refractivity contribution in [2.24, 2.45) is 11.8 Å². The molecule has 102 valence electrons. The average molecular weight is 256 g/mol. The van der Waals surface area contributed by atoms with Gasteiger partial charge in [-0.2, -0.15) is 0 Å². The van der Waals surface area contributed by atoms with Gasteiger partial charge in [0.2, 0.25) is 0 Å². The Kier molecular flexibility index (Phi) is 4.22. The van der Waals surface area contributed by atoms with Gasteiger partial charge in [-0.05, 0) is 38.0 Å². The highest BCUT2D eigenvalue weighted by Crippen LogP contribution is 2.45. The lowest BCUT2D eigenvalue weighted by molar-refractivity contribution is -0.151. The minimum Gasteiger partial charge on any atom is -0.481 e. The number of carboxylic acids is 1. The first-order chi connectivity index (χ1) is 8.58. The maximum Gasteiger partial charge on any atom is 0.306 e. The van der Waals surface area contributed by atoms with Gasteiger partial charge in [-0.1, -0.05) is 0 Å². The number of hydrogen-bond donors (Lipinski definition) is 2. The number of aliphatic hydroxyl groups excluding tert-OH is 1. The third-order valence-corrected chi connectivity index (χ3v) is 4.16. The molecular formula is C13H20O5. The van der Waals surface area contributed by atoms with Gasteiger partial charge in [0.1, 0.15) is 6.10 Å². The van der Waals surface area contributed by atoms with E-state index in [0.717, 1.165) is 25.7 Å². The molecular weight excluding hydrogens is 236 g/mol. The molecule has 2 saturated carbocycles. The van der Waals surface area contributed by atoms with Crippen LogP contribution in [0.3, 0.4) is 0 Å². The summed E-state index contributed by atoms with van der Waals surface area (Å²) in [6, 6.07) is 0. The third kappa shape index (κ3) is 3.02. The SMILES string of the molecule is O=C(O)CCCC(=O)O[C@H]1CC[C@H]2[C@@H]1CC[C@H]2O. The lowest BCUT2D eigenvalue weighted by Gasteiger charge is -2.19. The molecule has 2 N–H and O–H groups in total. The highest BCUT2D eigenvalue weighted by Gasteiger charge is 2.45. The second-order valence-electron chi connectivity index (χ2n) is 5.33. The largest absolute Gasteiger partial charge is 0.481 e. The third-order valence-electron chi connectivity index (χ3n) is 4.16. The summed E-state index contributed by atoms with van der Waals surface area (Å²) < 4.78 is 5.41. The van der Waals surface area contributed by atoms with Gasteiger partial charge in [-0.3, -0.25) is 9.59 Å². The first kappa shape index (κ1) is 13.3. The molecule has 4 atom stereocenters. The van der Waals surface area contributed by atoms with E-state index in [-0.39, 0.29) is 31.0 Å². The van der Waals surface area contributed by atoms with Gasteiger partial charge in [0.25, 0.3) is 0 Å². The Bertz CT molecular complexity index is 327. The summed E-state index contributed by atoms with van der Waals surface area (Å²) in [6.07, 6.45) is 3.71. The molecule has 2 rings (SSSR count). The van der Waals surface area contributed by atoms with Crippen molar-refractivity contribution in [2.45, 2.75) is 57.2 Å². The normalized spacial score (nSPS) is 34.3. The lowest BCUT2D eigenvalue weighted by Crippen LogP contribution is -2.24. The van der Waals surface area contributed by atoms with E-state index in [9.17, 15) is 14.7 Å². The van der Waals surface area contributed by atoms with Crippen LogP contribution in [0.4, 0.5) is 0 Å². The number of esters is 1. The highest BCUT2D eigenvalue weighted by molar-refractivity contribution is 5.71. The fourth-order valence-electron chi connectivity index (χ4n) is 3.27. The van der Waals surface area contributed by atoms with Crippen LogP contribution < -0.4 is 0 Å². The molecule has 0 radical (unpaired) electrons. The first-order valence-electron chi connectivity index (χ1n) is 6.67. The minimum absolute atomic E-state index is 0.00450. The fraction of sp³-hybridized carbons (Fsp3) is 0.846. The van der Waals surface area contributed by atoms with E-state index in [4.69, 9.17) is 9.84 Å². The summed E-state index contributed by atoms with van der Waals surface area (Å²) in [7, 11) is 0. The second kappa shape index (κ2) is 5.69. The van der Waals surface area contributed by atoms with E-state index >= 15 is 0 Å². The van der Waals surface area contributed by atoms with Crippen LogP contribution in [0.25, 0.3) is 0 Å². The molecule has 0 bridgehead atoms. The Hall–Kier alpha value is -1.10. The summed E-state index contributed by atoms with van der Waals surface area (Å²) in [5, 5.41) is 18.2. The summed E-state index contributed by atoms with van der Waals surface area (Å²) in [6.45, 7) is 0. The molecule has 0 aromatic rings. The Morgan fingerprint density at radius 1 is 1.06 bits per heavy atom. The predicted molar refractivity (Wildman–Crippen MR) is 62.8 cm³/mol. The average Bonchev–Trinajstić information content (AvgIpc) is 2.83. The summed E-state index contributed by atoms with van der Waals surface area (Å²) in [5.41, 5.74) is 0. The molecule has 0 unspecified atom stereocenters. The van der Waals surface area contributed by atoms with Crippen LogP contribution in [0.2, 0.25) is 0 Å². The molecule has 2 aliphatic rings. The summed E-state index contributed by atoms with van der Waals surface area (Å²) in [4.78, 5) is 21.9. The van der Waals surface area contributed by atoms with Crippen molar-refractivity contribution in [3.63, 3.8) is 0 Å². The van der Waals surface area contributed by atoms with Crippen LogP contribution in [0.15, 0.2) is 0 Å². The Morgan fingerprint density at radius 3 is 2.50 bits per heavy atom. The zero-order chi connectivity index (χ0) is 13.1. The van der Waals surface area contributed by atoms with Gasteiger partial charge in [0, 0.05) is 18.8 Å². The van der Waals surface area contributed by atoms with Crippen molar-refractivity contribution in [3.8, 4) is 0 Å². The minimum atomic E-state index is -0.886. The number of aliphatic carboxylic acids is 1. The van der Waals surface area contributed by atoms with Crippen LogP contribution in [0, 0.1) is 11.8 Å². The number of fused-ring (bicyclic) bond motifs is 1. The van der Waals surface area contributed by atoms with Crippen molar-refractivity contribution in [2.75, 3.05) is 0 Å². The predicted octanol–water partition coefficient (Wildman–Crippen LogP) is 1.33. The molecule has 0 spiro atoms. The van der Waals surface area contributed by atoms with E-state index in [1.165, 1.54) is 0 Å². The van der Waals surface area contributed by atoms with Crippen LogP contribution in [0.1, 0.15) is 44.9 Å². The van der Waals surface area contributed by atoms with Crippen LogP contribution in [-0.2, 0) is 14.3 Å². The maximum atomic E-state index is 11.6. The van der Waals surface area contributed by atoms with E-state index in [1.54, 1.807) is 0 Å². The molecule has 2 aliphatic carbocycles. The van der Waals surface area contributed by atoms with Gasteiger partial charge in [0.15, 0.2) is 0 Å². The first-order valence-corrected chi connectivity index (χ1v) is 6.67. The number of carbonyl (C=O) groups is 2. The number of ether oxygens (including phenoxy) is 1. The standard InChI is InChI=1S/C13H20O5/c14-10-6-4-9-8(10)5-7-11(9)18-13(17)3-1-2-12(15)16/h8-11,14H,1-7H2,(H,15,16)/t8-,9-,10+,11-/m0/s1. The molecule has 0 amide bonds.